The van der Waals surface area contributed by atoms with E-state index in [9.17, 15) is 5.11 Å². The fourth-order valence-electron chi connectivity index (χ4n) is 3.31. The van der Waals surface area contributed by atoms with Gasteiger partial charge in [-0.2, -0.15) is 5.10 Å². The number of nitrogens with one attached hydrogen (secondary N) is 1. The smallest absolute Gasteiger partial charge is 0.0616 e. The van der Waals surface area contributed by atoms with Crippen LogP contribution in [0, 0.1) is 12.8 Å². The van der Waals surface area contributed by atoms with Crippen molar-refractivity contribution in [3.05, 3.63) is 18.0 Å². The number of aliphatic hydroxyl groups is 1. The molecule has 19 heavy (non-hydrogen) atoms. The van der Waals surface area contributed by atoms with Gasteiger partial charge in [-0.3, -0.25) is 4.68 Å². The first-order valence-corrected chi connectivity index (χ1v) is 7.55. The van der Waals surface area contributed by atoms with Crippen LogP contribution in [-0.2, 0) is 6.54 Å². The summed E-state index contributed by atoms with van der Waals surface area (Å²) < 4.78 is 2.02. The lowest BCUT2D eigenvalue weighted by atomic mass is 9.85. The summed E-state index contributed by atoms with van der Waals surface area (Å²) >= 11 is 0. The number of hydrogen-bond donors (Lipinski definition) is 2. The van der Waals surface area contributed by atoms with E-state index in [1.165, 1.54) is 18.4 Å². The second kappa shape index (κ2) is 6.53. The minimum atomic E-state index is -0.0434. The van der Waals surface area contributed by atoms with Crippen molar-refractivity contribution in [1.29, 1.82) is 0 Å². The van der Waals surface area contributed by atoms with Crippen LogP contribution >= 0.6 is 0 Å². The highest BCUT2D eigenvalue weighted by Gasteiger charge is 2.41. The molecule has 4 nitrogen and oxygen atoms in total. The SMILES string of the molecule is CCCNC1(CO)CCCC1CCn1cc(C)cn1. The molecular weight excluding hydrogens is 238 g/mol. The van der Waals surface area contributed by atoms with E-state index in [1.54, 1.807) is 0 Å². The predicted octanol–water partition coefficient (Wildman–Crippen LogP) is 2.11. The van der Waals surface area contributed by atoms with Gasteiger partial charge in [0.05, 0.1) is 12.8 Å². The summed E-state index contributed by atoms with van der Waals surface area (Å²) in [6.07, 6.45) is 9.76. The zero-order valence-corrected chi connectivity index (χ0v) is 12.2. The van der Waals surface area contributed by atoms with Crippen LogP contribution in [-0.4, -0.2) is 33.6 Å². The van der Waals surface area contributed by atoms with Crippen molar-refractivity contribution in [3.63, 3.8) is 0 Å². The molecule has 2 N–H and O–H groups in total. The van der Waals surface area contributed by atoms with E-state index in [2.05, 4.69) is 30.5 Å². The van der Waals surface area contributed by atoms with Crippen molar-refractivity contribution < 1.29 is 5.11 Å². The minimum Gasteiger partial charge on any atom is -0.394 e. The molecule has 1 aromatic rings. The van der Waals surface area contributed by atoms with Gasteiger partial charge in [0.25, 0.3) is 0 Å². The maximum atomic E-state index is 9.83. The average Bonchev–Trinajstić information content (AvgIpc) is 3.01. The van der Waals surface area contributed by atoms with Crippen molar-refractivity contribution in [2.24, 2.45) is 5.92 Å². The summed E-state index contributed by atoms with van der Waals surface area (Å²) in [5.41, 5.74) is 1.17. The Labute approximate surface area is 116 Å². The van der Waals surface area contributed by atoms with Crippen molar-refractivity contribution in [1.82, 2.24) is 15.1 Å². The van der Waals surface area contributed by atoms with E-state index < -0.39 is 0 Å². The van der Waals surface area contributed by atoms with Crippen molar-refractivity contribution in [3.8, 4) is 0 Å². The largest absolute Gasteiger partial charge is 0.394 e. The monoisotopic (exact) mass is 265 g/mol. The Hall–Kier alpha value is -0.870. The Morgan fingerprint density at radius 2 is 2.42 bits per heavy atom. The molecule has 0 saturated heterocycles. The maximum absolute atomic E-state index is 9.83. The lowest BCUT2D eigenvalue weighted by Crippen LogP contribution is -2.51. The molecule has 0 bridgehead atoms. The fraction of sp³-hybridized carbons (Fsp3) is 0.800. The van der Waals surface area contributed by atoms with Gasteiger partial charge in [-0.25, -0.2) is 0 Å². The number of rotatable bonds is 7. The van der Waals surface area contributed by atoms with E-state index in [-0.39, 0.29) is 12.1 Å². The van der Waals surface area contributed by atoms with Crippen LogP contribution in [0.3, 0.4) is 0 Å². The molecule has 4 heteroatoms. The van der Waals surface area contributed by atoms with Gasteiger partial charge in [0.1, 0.15) is 0 Å². The number of aryl methyl sites for hydroxylation is 2. The summed E-state index contributed by atoms with van der Waals surface area (Å²) in [6, 6.07) is 0. The van der Waals surface area contributed by atoms with Gasteiger partial charge >= 0.3 is 0 Å². The van der Waals surface area contributed by atoms with Gasteiger partial charge in [-0.15, -0.1) is 0 Å². The van der Waals surface area contributed by atoms with Gasteiger partial charge in [-0.1, -0.05) is 13.3 Å². The van der Waals surface area contributed by atoms with Gasteiger partial charge in [0, 0.05) is 18.3 Å². The first kappa shape index (κ1) is 14.5. The maximum Gasteiger partial charge on any atom is 0.0616 e. The fourth-order valence-corrected chi connectivity index (χ4v) is 3.31. The highest BCUT2D eigenvalue weighted by atomic mass is 16.3. The molecule has 2 rings (SSSR count). The molecule has 0 aliphatic heterocycles. The summed E-state index contributed by atoms with van der Waals surface area (Å²) in [5.74, 6) is 0.563. The number of aromatic nitrogens is 2. The van der Waals surface area contributed by atoms with Crippen LogP contribution in [0.15, 0.2) is 12.4 Å². The van der Waals surface area contributed by atoms with Gasteiger partial charge < -0.3 is 10.4 Å². The average molecular weight is 265 g/mol. The lowest BCUT2D eigenvalue weighted by molar-refractivity contribution is 0.116. The Kier molecular flexibility index (Phi) is 4.99. The zero-order chi connectivity index (χ0) is 13.7. The zero-order valence-electron chi connectivity index (χ0n) is 12.2. The summed E-state index contributed by atoms with van der Waals surface area (Å²) in [6.45, 7) is 6.45. The molecule has 1 heterocycles. The molecule has 1 fully saturated rings. The second-order valence-corrected chi connectivity index (χ2v) is 5.90. The summed E-state index contributed by atoms with van der Waals surface area (Å²) in [7, 11) is 0. The molecule has 0 spiro atoms. The number of aliphatic hydroxyl groups excluding tert-OH is 1. The third kappa shape index (κ3) is 3.37. The Morgan fingerprint density at radius 3 is 3.05 bits per heavy atom. The van der Waals surface area contributed by atoms with E-state index >= 15 is 0 Å². The van der Waals surface area contributed by atoms with E-state index in [0.29, 0.717) is 5.92 Å². The Morgan fingerprint density at radius 1 is 1.58 bits per heavy atom. The van der Waals surface area contributed by atoms with Crippen molar-refractivity contribution in [2.75, 3.05) is 13.2 Å². The molecule has 1 aliphatic carbocycles. The Bertz CT molecular complexity index is 390. The van der Waals surface area contributed by atoms with Crippen molar-refractivity contribution >= 4 is 0 Å². The third-order valence-electron chi connectivity index (χ3n) is 4.44. The van der Waals surface area contributed by atoms with Crippen LogP contribution in [0.2, 0.25) is 0 Å². The lowest BCUT2D eigenvalue weighted by Gasteiger charge is -2.35. The minimum absolute atomic E-state index is 0.0434. The first-order valence-electron chi connectivity index (χ1n) is 7.55. The summed E-state index contributed by atoms with van der Waals surface area (Å²) in [5, 5.41) is 17.8. The quantitative estimate of drug-likeness (QED) is 0.794. The highest BCUT2D eigenvalue weighted by Crippen LogP contribution is 2.38. The molecule has 0 amide bonds. The molecule has 1 saturated carbocycles. The molecular formula is C15H27N3O. The van der Waals surface area contributed by atoms with Crippen molar-refractivity contribution in [2.45, 2.75) is 58.0 Å². The molecule has 0 aromatic carbocycles. The predicted molar refractivity (Wildman–Crippen MR) is 77.0 cm³/mol. The molecule has 1 aromatic heterocycles. The van der Waals surface area contributed by atoms with E-state index in [1.807, 2.05) is 10.9 Å². The van der Waals surface area contributed by atoms with Crippen LogP contribution < -0.4 is 5.32 Å². The van der Waals surface area contributed by atoms with E-state index in [4.69, 9.17) is 0 Å². The molecule has 0 radical (unpaired) electrons. The van der Waals surface area contributed by atoms with Gasteiger partial charge in [-0.05, 0) is 50.6 Å². The topological polar surface area (TPSA) is 50.1 Å². The normalized spacial score (nSPS) is 27.0. The molecule has 2 unspecified atom stereocenters. The number of nitrogens with zero attached hydrogens (tertiary/aromatic N) is 2. The van der Waals surface area contributed by atoms with Crippen LogP contribution in [0.4, 0.5) is 0 Å². The second-order valence-electron chi connectivity index (χ2n) is 5.90. The molecule has 2 atom stereocenters. The standard InChI is InChI=1S/C15H27N3O/c1-3-8-16-15(12-19)7-4-5-14(15)6-9-18-11-13(2)10-17-18/h10-11,14,16,19H,3-9,12H2,1-2H3. The first-order chi connectivity index (χ1) is 9.20. The summed E-state index contributed by atoms with van der Waals surface area (Å²) in [4.78, 5) is 0. The van der Waals surface area contributed by atoms with Gasteiger partial charge in [0.15, 0.2) is 0 Å². The van der Waals surface area contributed by atoms with Crippen LogP contribution in [0.1, 0.15) is 44.6 Å². The number of hydrogen-bond acceptors (Lipinski definition) is 3. The third-order valence-corrected chi connectivity index (χ3v) is 4.44. The van der Waals surface area contributed by atoms with Crippen LogP contribution in [0.25, 0.3) is 0 Å². The molecule has 108 valence electrons. The molecule has 1 aliphatic rings. The van der Waals surface area contributed by atoms with Gasteiger partial charge in [0.2, 0.25) is 0 Å². The van der Waals surface area contributed by atoms with Crippen LogP contribution in [0.5, 0.6) is 0 Å². The highest BCUT2D eigenvalue weighted by molar-refractivity contribution is 5.01. The van der Waals surface area contributed by atoms with E-state index in [0.717, 1.165) is 32.4 Å². The Balaban J connectivity index is 1.93.